The highest BCUT2D eigenvalue weighted by Crippen LogP contribution is 2.44. The van der Waals surface area contributed by atoms with E-state index in [2.05, 4.69) is 0 Å². The van der Waals surface area contributed by atoms with Gasteiger partial charge in [0.2, 0.25) is 0 Å². The summed E-state index contributed by atoms with van der Waals surface area (Å²) in [4.78, 5) is 0. The first-order chi connectivity index (χ1) is 6.89. The maximum absolute atomic E-state index is 9.95. The minimum Gasteiger partial charge on any atom is -0.486 e. The molecule has 1 aliphatic rings. The summed E-state index contributed by atoms with van der Waals surface area (Å²) in [5, 5.41) is 10.9. The molecule has 0 fully saturated rings. The van der Waals surface area contributed by atoms with Gasteiger partial charge < -0.3 is 9.84 Å². The second kappa shape index (κ2) is 3.55. The Labute approximate surface area is 98.8 Å². The van der Waals surface area contributed by atoms with Crippen LogP contribution in [0.1, 0.15) is 31.9 Å². The predicted octanol–water partition coefficient (Wildman–Crippen LogP) is 3.59. The number of halogens is 2. The van der Waals surface area contributed by atoms with E-state index >= 15 is 0 Å². The van der Waals surface area contributed by atoms with Crippen molar-refractivity contribution in [3.05, 3.63) is 27.7 Å². The van der Waals surface area contributed by atoms with Crippen molar-refractivity contribution >= 4 is 23.2 Å². The maximum atomic E-state index is 9.95. The van der Waals surface area contributed by atoms with Crippen LogP contribution in [0.15, 0.2) is 12.1 Å². The normalized spacial score (nSPS) is 23.1. The van der Waals surface area contributed by atoms with Crippen LogP contribution in [-0.2, 0) is 0 Å². The topological polar surface area (TPSA) is 29.5 Å². The monoisotopic (exact) mass is 246 g/mol. The molecule has 1 aromatic rings. The number of hydrogen-bond acceptors (Lipinski definition) is 2. The fraction of sp³-hybridized carbons (Fsp3) is 0.455. The smallest absolute Gasteiger partial charge is 0.144 e. The van der Waals surface area contributed by atoms with Crippen molar-refractivity contribution in [1.29, 1.82) is 0 Å². The van der Waals surface area contributed by atoms with Crippen LogP contribution in [0.5, 0.6) is 5.75 Å². The van der Waals surface area contributed by atoms with E-state index in [0.29, 0.717) is 27.8 Å². The van der Waals surface area contributed by atoms with Gasteiger partial charge in [0.1, 0.15) is 11.4 Å². The third-order valence-electron chi connectivity index (χ3n) is 2.46. The average molecular weight is 247 g/mol. The van der Waals surface area contributed by atoms with E-state index in [1.54, 1.807) is 12.1 Å². The van der Waals surface area contributed by atoms with Crippen LogP contribution >= 0.6 is 23.2 Å². The Morgan fingerprint density at radius 2 is 2.07 bits per heavy atom. The number of rotatable bonds is 0. The molecule has 1 aromatic carbocycles. The summed E-state index contributed by atoms with van der Waals surface area (Å²) >= 11 is 11.9. The summed E-state index contributed by atoms with van der Waals surface area (Å²) in [5.41, 5.74) is 0.274. The largest absolute Gasteiger partial charge is 0.486 e. The molecule has 0 spiro atoms. The second-order valence-corrected chi connectivity index (χ2v) is 5.23. The summed E-state index contributed by atoms with van der Waals surface area (Å²) in [6.45, 7) is 3.84. The van der Waals surface area contributed by atoms with E-state index in [0.717, 1.165) is 0 Å². The number of aliphatic hydroxyl groups excluding tert-OH is 1. The van der Waals surface area contributed by atoms with Gasteiger partial charge in [-0.05, 0) is 26.0 Å². The van der Waals surface area contributed by atoms with E-state index in [9.17, 15) is 5.11 Å². The highest BCUT2D eigenvalue weighted by molar-refractivity contribution is 6.35. The van der Waals surface area contributed by atoms with E-state index in [-0.39, 0.29) is 0 Å². The quantitative estimate of drug-likeness (QED) is 0.759. The van der Waals surface area contributed by atoms with Crippen molar-refractivity contribution in [2.75, 3.05) is 0 Å². The zero-order valence-corrected chi connectivity index (χ0v) is 10.1. The van der Waals surface area contributed by atoms with Crippen molar-refractivity contribution in [2.24, 2.45) is 0 Å². The van der Waals surface area contributed by atoms with Crippen molar-refractivity contribution in [3.63, 3.8) is 0 Å². The van der Waals surface area contributed by atoms with Crippen molar-refractivity contribution in [2.45, 2.75) is 32.0 Å². The molecule has 2 rings (SSSR count). The van der Waals surface area contributed by atoms with Gasteiger partial charge in [0.05, 0.1) is 11.1 Å². The number of benzene rings is 1. The minimum absolute atomic E-state index is 0.399. The fourth-order valence-electron chi connectivity index (χ4n) is 1.83. The van der Waals surface area contributed by atoms with Crippen molar-refractivity contribution < 1.29 is 9.84 Å². The predicted molar refractivity (Wildman–Crippen MR) is 60.7 cm³/mol. The summed E-state index contributed by atoms with van der Waals surface area (Å²) < 4.78 is 5.72. The Balaban J connectivity index is 2.55. The summed E-state index contributed by atoms with van der Waals surface area (Å²) in [6, 6.07) is 3.32. The van der Waals surface area contributed by atoms with Gasteiger partial charge in [0, 0.05) is 17.0 Å². The molecule has 0 amide bonds. The molecule has 0 bridgehead atoms. The zero-order chi connectivity index (χ0) is 11.2. The van der Waals surface area contributed by atoms with Gasteiger partial charge in [-0.1, -0.05) is 23.2 Å². The number of hydrogen-bond donors (Lipinski definition) is 1. The Morgan fingerprint density at radius 3 is 2.73 bits per heavy atom. The first kappa shape index (κ1) is 11.1. The molecule has 1 heterocycles. The van der Waals surface area contributed by atoms with Crippen LogP contribution in [0.25, 0.3) is 0 Å². The lowest BCUT2D eigenvalue weighted by Crippen LogP contribution is -2.34. The molecule has 1 atom stereocenters. The van der Waals surface area contributed by atoms with Crippen LogP contribution in [0.2, 0.25) is 10.0 Å². The van der Waals surface area contributed by atoms with E-state index in [4.69, 9.17) is 27.9 Å². The van der Waals surface area contributed by atoms with Gasteiger partial charge in [-0.2, -0.15) is 0 Å². The molecule has 1 unspecified atom stereocenters. The van der Waals surface area contributed by atoms with Crippen LogP contribution in [-0.4, -0.2) is 10.7 Å². The van der Waals surface area contributed by atoms with Crippen LogP contribution in [0, 0.1) is 0 Å². The van der Waals surface area contributed by atoms with Gasteiger partial charge in [-0.25, -0.2) is 0 Å². The molecule has 15 heavy (non-hydrogen) atoms. The zero-order valence-electron chi connectivity index (χ0n) is 8.55. The van der Waals surface area contributed by atoms with E-state index < -0.39 is 11.7 Å². The molecule has 82 valence electrons. The molecule has 0 aliphatic carbocycles. The molecule has 0 saturated heterocycles. The molecule has 2 nitrogen and oxygen atoms in total. The molecular weight excluding hydrogens is 235 g/mol. The average Bonchev–Trinajstić information content (AvgIpc) is 2.06. The number of fused-ring (bicyclic) bond motifs is 1. The summed E-state index contributed by atoms with van der Waals surface area (Å²) in [5.74, 6) is 0.546. The third kappa shape index (κ3) is 2.07. The van der Waals surface area contributed by atoms with Gasteiger partial charge in [-0.15, -0.1) is 0 Å². The number of ether oxygens (including phenoxy) is 1. The molecular formula is C11H12Cl2O2. The molecule has 1 aliphatic heterocycles. The van der Waals surface area contributed by atoms with Gasteiger partial charge in [-0.3, -0.25) is 0 Å². The SMILES string of the molecule is CC1(C)CC(O)c2cc(Cl)cc(Cl)c2O1. The number of aliphatic hydroxyl groups is 1. The minimum atomic E-state index is -0.569. The molecule has 0 saturated carbocycles. The molecule has 0 radical (unpaired) electrons. The lowest BCUT2D eigenvalue weighted by molar-refractivity contribution is 0.0116. The Bertz CT molecular complexity index is 402. The Morgan fingerprint density at radius 1 is 1.40 bits per heavy atom. The molecule has 4 heteroatoms. The first-order valence-electron chi connectivity index (χ1n) is 4.75. The molecule has 1 N–H and O–H groups in total. The van der Waals surface area contributed by atoms with Crippen LogP contribution in [0.4, 0.5) is 0 Å². The lowest BCUT2D eigenvalue weighted by atomic mass is 9.92. The van der Waals surface area contributed by atoms with Gasteiger partial charge in [0.25, 0.3) is 0 Å². The van der Waals surface area contributed by atoms with Gasteiger partial charge in [0.15, 0.2) is 0 Å². The standard InChI is InChI=1S/C11H12Cl2O2/c1-11(2)5-9(14)7-3-6(12)4-8(13)10(7)15-11/h3-4,9,14H,5H2,1-2H3. The highest BCUT2D eigenvalue weighted by Gasteiger charge is 2.34. The maximum Gasteiger partial charge on any atom is 0.144 e. The fourth-order valence-corrected chi connectivity index (χ4v) is 2.38. The molecule has 0 aromatic heterocycles. The van der Waals surface area contributed by atoms with Crippen molar-refractivity contribution in [1.82, 2.24) is 0 Å². The second-order valence-electron chi connectivity index (χ2n) is 4.39. The third-order valence-corrected chi connectivity index (χ3v) is 2.96. The summed E-state index contributed by atoms with van der Waals surface area (Å²) in [6.07, 6.45) is -0.0311. The summed E-state index contributed by atoms with van der Waals surface area (Å²) in [7, 11) is 0. The lowest BCUT2D eigenvalue weighted by Gasteiger charge is -2.36. The van der Waals surface area contributed by atoms with Crippen LogP contribution in [0.3, 0.4) is 0 Å². The van der Waals surface area contributed by atoms with E-state index in [1.807, 2.05) is 13.8 Å². The van der Waals surface area contributed by atoms with Crippen molar-refractivity contribution in [3.8, 4) is 5.75 Å². The van der Waals surface area contributed by atoms with E-state index in [1.165, 1.54) is 0 Å². The Hall–Kier alpha value is -0.440. The highest BCUT2D eigenvalue weighted by atomic mass is 35.5. The Kier molecular flexibility index (Phi) is 2.61. The van der Waals surface area contributed by atoms with Crippen LogP contribution < -0.4 is 4.74 Å². The van der Waals surface area contributed by atoms with Gasteiger partial charge >= 0.3 is 0 Å². The first-order valence-corrected chi connectivity index (χ1v) is 5.51.